The van der Waals surface area contributed by atoms with Gasteiger partial charge in [-0.3, -0.25) is 9.59 Å². The molecule has 2 atom stereocenters. The first-order chi connectivity index (χ1) is 12.4. The number of nitrogens with one attached hydrogen (secondary N) is 2. The third-order valence-corrected chi connectivity index (χ3v) is 4.24. The van der Waals surface area contributed by atoms with Crippen LogP contribution in [0, 0.1) is 0 Å². The predicted molar refractivity (Wildman–Crippen MR) is 104 cm³/mol. The minimum atomic E-state index is -0.777. The highest BCUT2D eigenvalue weighted by Crippen LogP contribution is 2.24. The van der Waals surface area contributed by atoms with Crippen LogP contribution in [0.3, 0.4) is 0 Å². The van der Waals surface area contributed by atoms with E-state index in [1.807, 2.05) is 13.8 Å². The second-order valence-electron chi connectivity index (χ2n) is 6.01. The molecule has 138 valence electrons. The molecule has 0 saturated carbocycles. The summed E-state index contributed by atoms with van der Waals surface area (Å²) in [5.74, 6) is -0.164. The lowest BCUT2D eigenvalue weighted by molar-refractivity contribution is -0.122. The lowest BCUT2D eigenvalue weighted by atomic mass is 10.1. The van der Waals surface area contributed by atoms with Crippen LogP contribution in [0.15, 0.2) is 48.5 Å². The van der Waals surface area contributed by atoms with E-state index in [9.17, 15) is 9.59 Å². The summed E-state index contributed by atoms with van der Waals surface area (Å²) in [6.07, 6.45) is 0.0452. The highest BCUT2D eigenvalue weighted by atomic mass is 35.5. The number of halogens is 1. The number of amides is 2. The molecule has 2 amide bonds. The highest BCUT2D eigenvalue weighted by molar-refractivity contribution is 6.32. The van der Waals surface area contributed by atoms with Crippen molar-refractivity contribution in [1.29, 1.82) is 0 Å². The summed E-state index contributed by atoms with van der Waals surface area (Å²) in [5, 5.41) is 6.08. The lowest BCUT2D eigenvalue weighted by Gasteiger charge is -2.18. The van der Waals surface area contributed by atoms with Crippen LogP contribution in [0.25, 0.3) is 0 Å². The summed E-state index contributed by atoms with van der Waals surface area (Å²) in [5.41, 5.74) is 0.846. The summed E-state index contributed by atoms with van der Waals surface area (Å²) in [6.45, 7) is 5.55. The summed E-state index contributed by atoms with van der Waals surface area (Å²) < 4.78 is 5.62. The molecule has 2 aromatic rings. The van der Waals surface area contributed by atoms with Crippen LogP contribution in [-0.4, -0.2) is 24.0 Å². The topological polar surface area (TPSA) is 67.4 Å². The molecule has 2 N–H and O–H groups in total. The van der Waals surface area contributed by atoms with E-state index in [4.69, 9.17) is 16.3 Å². The van der Waals surface area contributed by atoms with Gasteiger partial charge < -0.3 is 15.4 Å². The van der Waals surface area contributed by atoms with Crippen LogP contribution in [-0.2, 0) is 4.79 Å². The van der Waals surface area contributed by atoms with Crippen molar-refractivity contribution >= 4 is 29.1 Å². The molecule has 0 spiro atoms. The number of ether oxygens (including phenoxy) is 1. The number of carbonyl (C=O) groups is 2. The zero-order valence-corrected chi connectivity index (χ0v) is 15.8. The van der Waals surface area contributed by atoms with Crippen molar-refractivity contribution in [3.63, 3.8) is 0 Å². The first-order valence-corrected chi connectivity index (χ1v) is 8.92. The summed E-state index contributed by atoms with van der Waals surface area (Å²) in [4.78, 5) is 24.9. The van der Waals surface area contributed by atoms with Gasteiger partial charge in [0.2, 0.25) is 0 Å². The number of carbonyl (C=O) groups excluding carboxylic acids is 2. The van der Waals surface area contributed by atoms with Gasteiger partial charge in [0.1, 0.15) is 5.75 Å². The van der Waals surface area contributed by atoms with E-state index in [1.54, 1.807) is 55.5 Å². The average Bonchev–Trinajstić information content (AvgIpc) is 2.63. The fraction of sp³-hybridized carbons (Fsp3) is 0.300. The van der Waals surface area contributed by atoms with Crippen LogP contribution < -0.4 is 15.4 Å². The van der Waals surface area contributed by atoms with Gasteiger partial charge in [-0.05, 0) is 44.5 Å². The highest BCUT2D eigenvalue weighted by Gasteiger charge is 2.19. The van der Waals surface area contributed by atoms with Crippen molar-refractivity contribution in [1.82, 2.24) is 5.32 Å². The summed E-state index contributed by atoms with van der Waals surface area (Å²) in [6, 6.07) is 13.9. The maximum Gasteiger partial charge on any atom is 0.265 e. The van der Waals surface area contributed by atoms with E-state index in [2.05, 4.69) is 10.6 Å². The van der Waals surface area contributed by atoms with Gasteiger partial charge in [-0.1, -0.05) is 42.8 Å². The molecule has 0 aliphatic heterocycles. The Labute approximate surface area is 158 Å². The third-order valence-electron chi connectivity index (χ3n) is 3.93. The number of anilines is 1. The molecule has 26 heavy (non-hydrogen) atoms. The monoisotopic (exact) mass is 374 g/mol. The number of benzene rings is 2. The Bertz CT molecular complexity index is 779. The fourth-order valence-electron chi connectivity index (χ4n) is 2.21. The molecular weight excluding hydrogens is 352 g/mol. The number of para-hydroxylation sites is 2. The maximum absolute atomic E-state index is 12.5. The fourth-order valence-corrected chi connectivity index (χ4v) is 2.39. The largest absolute Gasteiger partial charge is 0.479 e. The number of rotatable bonds is 7. The van der Waals surface area contributed by atoms with Crippen molar-refractivity contribution in [2.75, 3.05) is 5.32 Å². The molecule has 0 bridgehead atoms. The Morgan fingerprint density at radius 2 is 1.73 bits per heavy atom. The van der Waals surface area contributed by atoms with E-state index in [1.165, 1.54) is 0 Å². The van der Waals surface area contributed by atoms with E-state index in [-0.39, 0.29) is 17.9 Å². The van der Waals surface area contributed by atoms with Gasteiger partial charge in [-0.2, -0.15) is 0 Å². The van der Waals surface area contributed by atoms with Crippen LogP contribution in [0.2, 0.25) is 5.02 Å². The third kappa shape index (κ3) is 5.23. The molecule has 5 nitrogen and oxygen atoms in total. The Hall–Kier alpha value is -2.53. The number of hydrogen-bond donors (Lipinski definition) is 2. The van der Waals surface area contributed by atoms with Gasteiger partial charge in [-0.15, -0.1) is 0 Å². The zero-order chi connectivity index (χ0) is 19.1. The molecule has 0 radical (unpaired) electrons. The van der Waals surface area contributed by atoms with Crippen molar-refractivity contribution in [2.24, 2.45) is 0 Å². The first kappa shape index (κ1) is 19.8. The van der Waals surface area contributed by atoms with Gasteiger partial charge in [0.05, 0.1) is 16.3 Å². The van der Waals surface area contributed by atoms with Gasteiger partial charge in [0, 0.05) is 6.04 Å². The molecule has 0 aromatic heterocycles. The second kappa shape index (κ2) is 9.25. The van der Waals surface area contributed by atoms with Crippen LogP contribution in [0.4, 0.5) is 5.69 Å². The van der Waals surface area contributed by atoms with E-state index in [0.717, 1.165) is 6.42 Å². The van der Waals surface area contributed by atoms with E-state index in [0.29, 0.717) is 22.0 Å². The molecule has 0 unspecified atom stereocenters. The Morgan fingerprint density at radius 1 is 1.08 bits per heavy atom. The van der Waals surface area contributed by atoms with Crippen molar-refractivity contribution in [3.05, 3.63) is 59.1 Å². The average molecular weight is 375 g/mol. The molecule has 0 aliphatic carbocycles. The minimum absolute atomic E-state index is 0.0498. The molecule has 0 heterocycles. The van der Waals surface area contributed by atoms with Gasteiger partial charge in [0.25, 0.3) is 11.8 Å². The first-order valence-electron chi connectivity index (χ1n) is 8.54. The standard InChI is InChI=1S/C20H23ClN2O3/c1-4-13(2)22-20(25)15-9-5-7-11-17(15)23-19(24)14(3)26-18-12-8-6-10-16(18)21/h5-14H,4H2,1-3H3,(H,22,25)(H,23,24)/t13-,14+/m1/s1. The number of hydrogen-bond acceptors (Lipinski definition) is 3. The SMILES string of the molecule is CC[C@@H](C)NC(=O)c1ccccc1NC(=O)[C@H](C)Oc1ccccc1Cl. The van der Waals surface area contributed by atoms with Crippen LogP contribution >= 0.6 is 11.6 Å². The predicted octanol–water partition coefficient (Wildman–Crippen LogP) is 4.27. The second-order valence-corrected chi connectivity index (χ2v) is 6.42. The summed E-state index contributed by atoms with van der Waals surface area (Å²) in [7, 11) is 0. The minimum Gasteiger partial charge on any atom is -0.479 e. The quantitative estimate of drug-likeness (QED) is 0.760. The summed E-state index contributed by atoms with van der Waals surface area (Å²) >= 11 is 6.05. The smallest absolute Gasteiger partial charge is 0.265 e. The van der Waals surface area contributed by atoms with Crippen molar-refractivity contribution in [2.45, 2.75) is 39.3 Å². The van der Waals surface area contributed by atoms with Crippen molar-refractivity contribution in [3.8, 4) is 5.75 Å². The normalized spacial score (nSPS) is 12.8. The molecule has 0 saturated heterocycles. The Morgan fingerprint density at radius 3 is 2.42 bits per heavy atom. The Kier molecular flexibility index (Phi) is 7.04. The van der Waals surface area contributed by atoms with Gasteiger partial charge >= 0.3 is 0 Å². The van der Waals surface area contributed by atoms with Crippen LogP contribution in [0.5, 0.6) is 5.75 Å². The Balaban J connectivity index is 2.09. The molecule has 2 rings (SSSR count). The van der Waals surface area contributed by atoms with E-state index >= 15 is 0 Å². The molecular formula is C20H23ClN2O3. The van der Waals surface area contributed by atoms with E-state index < -0.39 is 6.10 Å². The maximum atomic E-state index is 12.5. The van der Waals surface area contributed by atoms with Crippen molar-refractivity contribution < 1.29 is 14.3 Å². The molecule has 6 heteroatoms. The molecule has 0 fully saturated rings. The lowest BCUT2D eigenvalue weighted by Crippen LogP contribution is -2.34. The van der Waals surface area contributed by atoms with Crippen LogP contribution in [0.1, 0.15) is 37.6 Å². The zero-order valence-electron chi connectivity index (χ0n) is 15.1. The molecule has 2 aromatic carbocycles. The van der Waals surface area contributed by atoms with Gasteiger partial charge in [0.15, 0.2) is 6.10 Å². The van der Waals surface area contributed by atoms with Gasteiger partial charge in [-0.25, -0.2) is 0 Å². The molecule has 0 aliphatic rings.